The Morgan fingerprint density at radius 1 is 1.25 bits per heavy atom. The molecule has 5 heteroatoms. The van der Waals surface area contributed by atoms with Gasteiger partial charge in [-0.05, 0) is 25.0 Å². The highest BCUT2D eigenvalue weighted by Crippen LogP contribution is 2.24. The summed E-state index contributed by atoms with van der Waals surface area (Å²) in [5.74, 6) is 0.626. The Kier molecular flexibility index (Phi) is 3.32. The molecule has 0 atom stereocenters. The van der Waals surface area contributed by atoms with Gasteiger partial charge >= 0.3 is 5.69 Å². The van der Waals surface area contributed by atoms with Crippen molar-refractivity contribution in [3.63, 3.8) is 0 Å². The van der Waals surface area contributed by atoms with Crippen LogP contribution in [0.3, 0.4) is 0 Å². The fraction of sp³-hybridized carbons (Fsp3) is 0.200. The summed E-state index contributed by atoms with van der Waals surface area (Å²) in [4.78, 5) is 12.3. The molecule has 1 heterocycles. The number of benzene rings is 1. The van der Waals surface area contributed by atoms with Crippen LogP contribution in [-0.2, 0) is 7.05 Å². The number of nitrogens with zero attached hydrogens (tertiary/aromatic N) is 3. The lowest BCUT2D eigenvalue weighted by atomic mass is 10.1. The second-order valence-electron chi connectivity index (χ2n) is 4.66. The van der Waals surface area contributed by atoms with Crippen LogP contribution in [0.1, 0.15) is 18.7 Å². The molecule has 0 amide bonds. The summed E-state index contributed by atoms with van der Waals surface area (Å²) in [6.45, 7) is 0. The predicted molar refractivity (Wildman–Crippen MR) is 80.2 cm³/mol. The summed E-state index contributed by atoms with van der Waals surface area (Å²) in [5.41, 5.74) is 1.41. The topological polar surface area (TPSA) is 39.8 Å². The molecular weight excluding hydrogens is 274 g/mol. The molecule has 0 saturated carbocycles. The molecule has 4 nitrogen and oxygen atoms in total. The van der Waals surface area contributed by atoms with Gasteiger partial charge in [0, 0.05) is 12.6 Å². The maximum Gasteiger partial charge on any atom is 0.350 e. The van der Waals surface area contributed by atoms with Gasteiger partial charge in [0.15, 0.2) is 5.82 Å². The average molecular weight is 288 g/mol. The molecule has 1 aliphatic rings. The summed E-state index contributed by atoms with van der Waals surface area (Å²) in [6.07, 6.45) is 8.16. The minimum absolute atomic E-state index is 0.201. The van der Waals surface area contributed by atoms with Crippen molar-refractivity contribution in [3.8, 4) is 5.69 Å². The maximum atomic E-state index is 12.3. The van der Waals surface area contributed by atoms with Crippen molar-refractivity contribution >= 4 is 17.2 Å². The standard InChI is InChI=1S/C15H14ClN3O/c1-18-15(20)19(13-10-6-5-9-12(13)16)14(17-18)11-7-3-2-4-8-11/h3,5-10H,2,4H2,1H3. The van der Waals surface area contributed by atoms with Crippen molar-refractivity contribution in [2.75, 3.05) is 0 Å². The average Bonchev–Trinajstić information content (AvgIpc) is 2.77. The van der Waals surface area contributed by atoms with E-state index in [1.54, 1.807) is 17.7 Å². The van der Waals surface area contributed by atoms with Crippen LogP contribution >= 0.6 is 11.6 Å². The summed E-state index contributed by atoms with van der Waals surface area (Å²) in [6, 6.07) is 7.29. The lowest BCUT2D eigenvalue weighted by Crippen LogP contribution is -2.22. The molecule has 0 aliphatic heterocycles. The van der Waals surface area contributed by atoms with Crippen LogP contribution in [0.4, 0.5) is 0 Å². The number of hydrogen-bond acceptors (Lipinski definition) is 2. The third-order valence-electron chi connectivity index (χ3n) is 3.27. The molecular formula is C15H14ClN3O. The number of hydrogen-bond donors (Lipinski definition) is 0. The Hall–Kier alpha value is -2.07. The largest absolute Gasteiger partial charge is 0.350 e. The van der Waals surface area contributed by atoms with E-state index in [0.29, 0.717) is 16.5 Å². The SMILES string of the molecule is Cn1nc(C2=CCCC=C2)n(-c2ccccc2Cl)c1=O. The zero-order valence-electron chi connectivity index (χ0n) is 11.1. The van der Waals surface area contributed by atoms with Crippen molar-refractivity contribution in [1.29, 1.82) is 0 Å². The van der Waals surface area contributed by atoms with E-state index in [9.17, 15) is 4.79 Å². The molecule has 2 aromatic rings. The molecule has 1 aliphatic carbocycles. The van der Waals surface area contributed by atoms with Gasteiger partial charge in [-0.25, -0.2) is 14.0 Å². The van der Waals surface area contributed by atoms with Gasteiger partial charge in [-0.15, -0.1) is 5.10 Å². The Morgan fingerprint density at radius 3 is 2.75 bits per heavy atom. The van der Waals surface area contributed by atoms with E-state index < -0.39 is 0 Å². The normalized spacial score (nSPS) is 14.4. The summed E-state index contributed by atoms with van der Waals surface area (Å²) < 4.78 is 2.89. The van der Waals surface area contributed by atoms with E-state index in [-0.39, 0.29) is 5.69 Å². The van der Waals surface area contributed by atoms with Crippen LogP contribution in [0.15, 0.2) is 47.3 Å². The van der Waals surface area contributed by atoms with Gasteiger partial charge in [0.1, 0.15) is 0 Å². The molecule has 0 unspecified atom stereocenters. The van der Waals surface area contributed by atoms with Crippen molar-refractivity contribution in [2.45, 2.75) is 12.8 Å². The minimum atomic E-state index is -0.201. The second-order valence-corrected chi connectivity index (χ2v) is 5.06. The monoisotopic (exact) mass is 287 g/mol. The molecule has 0 fully saturated rings. The van der Waals surface area contributed by atoms with Gasteiger partial charge < -0.3 is 0 Å². The molecule has 1 aromatic heterocycles. The van der Waals surface area contributed by atoms with Crippen LogP contribution in [0.2, 0.25) is 5.02 Å². The zero-order chi connectivity index (χ0) is 14.1. The number of halogens is 1. The Labute approximate surface area is 121 Å². The van der Waals surface area contributed by atoms with Crippen molar-refractivity contribution in [1.82, 2.24) is 14.3 Å². The lowest BCUT2D eigenvalue weighted by Gasteiger charge is -2.09. The molecule has 102 valence electrons. The number of rotatable bonds is 2. The van der Waals surface area contributed by atoms with Crippen molar-refractivity contribution in [3.05, 3.63) is 63.8 Å². The number of aromatic nitrogens is 3. The van der Waals surface area contributed by atoms with Crippen LogP contribution < -0.4 is 5.69 Å². The second kappa shape index (κ2) is 5.13. The van der Waals surface area contributed by atoms with Gasteiger partial charge in [-0.2, -0.15) is 0 Å². The fourth-order valence-corrected chi connectivity index (χ4v) is 2.50. The van der Waals surface area contributed by atoms with E-state index in [2.05, 4.69) is 17.3 Å². The van der Waals surface area contributed by atoms with Gasteiger partial charge in [0.2, 0.25) is 0 Å². The van der Waals surface area contributed by atoms with Gasteiger partial charge in [-0.1, -0.05) is 42.0 Å². The van der Waals surface area contributed by atoms with Crippen molar-refractivity contribution < 1.29 is 0 Å². The summed E-state index contributed by atoms with van der Waals surface area (Å²) in [7, 11) is 1.65. The van der Waals surface area contributed by atoms with Crippen LogP contribution in [0.5, 0.6) is 0 Å². The maximum absolute atomic E-state index is 12.3. The molecule has 0 N–H and O–H groups in total. The van der Waals surface area contributed by atoms with Crippen molar-refractivity contribution in [2.24, 2.45) is 7.05 Å². The first-order valence-electron chi connectivity index (χ1n) is 6.46. The third kappa shape index (κ3) is 2.12. The summed E-state index contributed by atoms with van der Waals surface area (Å²) >= 11 is 6.22. The van der Waals surface area contributed by atoms with Gasteiger partial charge in [0.05, 0.1) is 10.7 Å². The minimum Gasteiger partial charge on any atom is -0.246 e. The Bertz CT molecular complexity index is 768. The first-order valence-corrected chi connectivity index (χ1v) is 6.84. The van der Waals surface area contributed by atoms with E-state index in [0.717, 1.165) is 18.4 Å². The smallest absolute Gasteiger partial charge is 0.246 e. The molecule has 0 radical (unpaired) electrons. The highest BCUT2D eigenvalue weighted by Gasteiger charge is 2.17. The highest BCUT2D eigenvalue weighted by molar-refractivity contribution is 6.32. The van der Waals surface area contributed by atoms with E-state index in [1.165, 1.54) is 4.68 Å². The third-order valence-corrected chi connectivity index (χ3v) is 3.59. The van der Waals surface area contributed by atoms with E-state index in [4.69, 9.17) is 11.6 Å². The first-order chi connectivity index (χ1) is 9.68. The quantitative estimate of drug-likeness (QED) is 0.852. The van der Waals surface area contributed by atoms with Crippen LogP contribution in [0, 0.1) is 0 Å². The first kappa shape index (κ1) is 12.9. The molecule has 20 heavy (non-hydrogen) atoms. The Balaban J connectivity index is 2.25. The number of aryl methyl sites for hydroxylation is 1. The van der Waals surface area contributed by atoms with Crippen LogP contribution in [0.25, 0.3) is 11.3 Å². The predicted octanol–water partition coefficient (Wildman–Crippen LogP) is 2.96. The highest BCUT2D eigenvalue weighted by atomic mass is 35.5. The molecule has 0 saturated heterocycles. The number of para-hydroxylation sites is 1. The lowest BCUT2D eigenvalue weighted by molar-refractivity contribution is 0.725. The number of allylic oxidation sites excluding steroid dienone is 4. The zero-order valence-corrected chi connectivity index (χ0v) is 11.8. The van der Waals surface area contributed by atoms with Crippen LogP contribution in [-0.4, -0.2) is 14.3 Å². The summed E-state index contributed by atoms with van der Waals surface area (Å²) in [5, 5.41) is 4.87. The van der Waals surface area contributed by atoms with E-state index in [1.807, 2.05) is 24.3 Å². The molecule has 3 rings (SSSR count). The molecule has 1 aromatic carbocycles. The fourth-order valence-electron chi connectivity index (χ4n) is 2.28. The molecule has 0 bridgehead atoms. The Morgan fingerprint density at radius 2 is 2.05 bits per heavy atom. The van der Waals surface area contributed by atoms with E-state index >= 15 is 0 Å². The van der Waals surface area contributed by atoms with Gasteiger partial charge in [0.25, 0.3) is 0 Å². The van der Waals surface area contributed by atoms with Gasteiger partial charge in [-0.3, -0.25) is 0 Å². The molecule has 0 spiro atoms.